The number of rotatable bonds is 14. The zero-order valence-corrected chi connectivity index (χ0v) is 17.3. The van der Waals surface area contributed by atoms with Crippen molar-refractivity contribution < 1.29 is 18.9 Å². The second-order valence-electron chi connectivity index (χ2n) is 7.84. The van der Waals surface area contributed by atoms with E-state index in [0.29, 0.717) is 32.3 Å². The number of hydrogen-bond donors (Lipinski definition) is 0. The van der Waals surface area contributed by atoms with Gasteiger partial charge in [-0.25, -0.2) is 0 Å². The highest BCUT2D eigenvalue weighted by molar-refractivity contribution is 4.90. The lowest BCUT2D eigenvalue weighted by Gasteiger charge is -2.30. The Labute approximate surface area is 150 Å². The summed E-state index contributed by atoms with van der Waals surface area (Å²) in [7, 11) is 0. The summed E-state index contributed by atoms with van der Waals surface area (Å²) in [4.78, 5) is 0. The van der Waals surface area contributed by atoms with E-state index < -0.39 is 0 Å². The van der Waals surface area contributed by atoms with Crippen LogP contribution in [0.2, 0.25) is 0 Å². The maximum atomic E-state index is 6.09. The molecule has 0 heterocycles. The van der Waals surface area contributed by atoms with Gasteiger partial charge in [-0.1, -0.05) is 34.1 Å². The van der Waals surface area contributed by atoms with Crippen molar-refractivity contribution in [3.8, 4) is 0 Å². The minimum Gasteiger partial charge on any atom is -0.375 e. The fourth-order valence-corrected chi connectivity index (χ4v) is 1.79. The van der Waals surface area contributed by atoms with Gasteiger partial charge in [0.2, 0.25) is 0 Å². The van der Waals surface area contributed by atoms with Gasteiger partial charge >= 0.3 is 0 Å². The maximum Gasteiger partial charge on any atom is 0.153 e. The van der Waals surface area contributed by atoms with Crippen molar-refractivity contribution in [2.45, 2.75) is 92.5 Å². The van der Waals surface area contributed by atoms with Gasteiger partial charge in [0.1, 0.15) is 6.10 Å². The summed E-state index contributed by atoms with van der Waals surface area (Å²) in [5.41, 5.74) is -0.203. The summed E-state index contributed by atoms with van der Waals surface area (Å²) in [5, 5.41) is 0. The fraction of sp³-hybridized carbons (Fsp3) is 0.950. The third kappa shape index (κ3) is 13.2. The molecule has 0 bridgehead atoms. The van der Waals surface area contributed by atoms with Crippen LogP contribution in [0.3, 0.4) is 0 Å². The van der Waals surface area contributed by atoms with Crippen LogP contribution in [0.15, 0.2) is 0 Å². The first kappa shape index (κ1) is 23.8. The second-order valence-corrected chi connectivity index (χ2v) is 7.84. The molecule has 1 radical (unpaired) electrons. The molecule has 0 aromatic rings. The van der Waals surface area contributed by atoms with Gasteiger partial charge in [0.25, 0.3) is 0 Å². The molecule has 0 saturated heterocycles. The quantitative estimate of drug-likeness (QED) is 0.415. The third-order valence-corrected chi connectivity index (χ3v) is 3.53. The molecule has 0 N–H and O–H groups in total. The topological polar surface area (TPSA) is 36.9 Å². The summed E-state index contributed by atoms with van der Waals surface area (Å²) in [5.74, 6) is 0.467. The number of ether oxygens (including phenoxy) is 4. The van der Waals surface area contributed by atoms with Gasteiger partial charge in [-0.05, 0) is 46.5 Å². The Kier molecular flexibility index (Phi) is 13.0. The van der Waals surface area contributed by atoms with Crippen molar-refractivity contribution in [3.63, 3.8) is 0 Å². The van der Waals surface area contributed by atoms with Crippen molar-refractivity contribution in [3.05, 3.63) is 6.10 Å². The van der Waals surface area contributed by atoms with Gasteiger partial charge in [0.15, 0.2) is 6.10 Å². The Morgan fingerprint density at radius 3 is 2.12 bits per heavy atom. The van der Waals surface area contributed by atoms with Gasteiger partial charge in [0.05, 0.1) is 24.9 Å². The Morgan fingerprint density at radius 2 is 1.62 bits per heavy atom. The monoisotopic (exact) mass is 345 g/mol. The molecule has 0 aromatic carbocycles. The molecule has 0 spiro atoms. The highest BCUT2D eigenvalue weighted by Crippen LogP contribution is 2.20. The van der Waals surface area contributed by atoms with Crippen LogP contribution in [0, 0.1) is 12.0 Å². The van der Waals surface area contributed by atoms with Crippen LogP contribution >= 0.6 is 0 Å². The maximum absolute atomic E-state index is 6.09. The molecular formula is C20H41O4. The highest BCUT2D eigenvalue weighted by atomic mass is 16.6. The van der Waals surface area contributed by atoms with E-state index in [1.807, 2.05) is 0 Å². The van der Waals surface area contributed by atoms with Crippen molar-refractivity contribution in [2.75, 3.05) is 26.4 Å². The summed E-state index contributed by atoms with van der Waals surface area (Å²) >= 11 is 0. The van der Waals surface area contributed by atoms with Crippen LogP contribution in [0.25, 0.3) is 0 Å². The molecule has 4 nitrogen and oxygen atoms in total. The second kappa shape index (κ2) is 13.1. The van der Waals surface area contributed by atoms with Crippen molar-refractivity contribution in [1.29, 1.82) is 0 Å². The van der Waals surface area contributed by atoms with Crippen LogP contribution in [-0.2, 0) is 18.9 Å². The fourth-order valence-electron chi connectivity index (χ4n) is 1.79. The van der Waals surface area contributed by atoms with Gasteiger partial charge in [-0.3, -0.25) is 0 Å². The lowest BCUT2D eigenvalue weighted by atomic mass is 10.1. The zero-order chi connectivity index (χ0) is 18.6. The highest BCUT2D eigenvalue weighted by Gasteiger charge is 2.28. The first-order chi connectivity index (χ1) is 11.2. The Morgan fingerprint density at radius 1 is 0.958 bits per heavy atom. The van der Waals surface area contributed by atoms with Gasteiger partial charge in [-0.2, -0.15) is 0 Å². The first-order valence-electron chi connectivity index (χ1n) is 9.55. The van der Waals surface area contributed by atoms with E-state index in [-0.39, 0.29) is 17.8 Å². The van der Waals surface area contributed by atoms with Crippen molar-refractivity contribution in [1.82, 2.24) is 0 Å². The van der Waals surface area contributed by atoms with Gasteiger partial charge in [0, 0.05) is 13.2 Å². The van der Waals surface area contributed by atoms with E-state index in [1.165, 1.54) is 0 Å². The Balaban J connectivity index is 4.82. The predicted molar refractivity (Wildman–Crippen MR) is 100 cm³/mol. The molecule has 0 aliphatic carbocycles. The van der Waals surface area contributed by atoms with Crippen molar-refractivity contribution >= 4 is 0 Å². The molecule has 0 saturated carbocycles. The van der Waals surface area contributed by atoms with E-state index >= 15 is 0 Å². The smallest absolute Gasteiger partial charge is 0.153 e. The van der Waals surface area contributed by atoms with E-state index in [0.717, 1.165) is 25.4 Å². The molecule has 145 valence electrons. The molecule has 0 aromatic heterocycles. The van der Waals surface area contributed by atoms with E-state index in [2.05, 4.69) is 55.4 Å². The third-order valence-electron chi connectivity index (χ3n) is 3.53. The standard InChI is InChI=1S/C20H41O4/c1-9-11-12-21-18(14-22-17(5)10-2)19(23-13-16(3)4)15-24-20(6,7)8/h16-17,19H,9-15H2,1-8H3. The van der Waals surface area contributed by atoms with Crippen LogP contribution in [-0.4, -0.2) is 44.2 Å². The molecule has 4 heteroatoms. The number of unbranched alkanes of at least 4 members (excludes halogenated alkanes) is 1. The van der Waals surface area contributed by atoms with Gasteiger partial charge in [-0.15, -0.1) is 0 Å². The summed E-state index contributed by atoms with van der Waals surface area (Å²) in [6, 6.07) is 0. The first-order valence-corrected chi connectivity index (χ1v) is 9.55. The minimum absolute atomic E-state index is 0.187. The van der Waals surface area contributed by atoms with E-state index in [4.69, 9.17) is 18.9 Å². The van der Waals surface area contributed by atoms with Gasteiger partial charge < -0.3 is 18.9 Å². The Bertz CT molecular complexity index is 286. The number of hydrogen-bond acceptors (Lipinski definition) is 4. The Hall–Kier alpha value is -0.160. The summed E-state index contributed by atoms with van der Waals surface area (Å²) in [6.07, 6.45) is 4.00. The molecule has 0 rings (SSSR count). The van der Waals surface area contributed by atoms with Crippen LogP contribution in [0.4, 0.5) is 0 Å². The summed E-state index contributed by atoms with van der Waals surface area (Å²) < 4.78 is 24.0. The average molecular weight is 346 g/mol. The average Bonchev–Trinajstić information content (AvgIpc) is 2.49. The van der Waals surface area contributed by atoms with E-state index in [1.54, 1.807) is 0 Å². The predicted octanol–water partition coefficient (Wildman–Crippen LogP) is 5.01. The molecule has 2 atom stereocenters. The lowest BCUT2D eigenvalue weighted by Crippen LogP contribution is -2.37. The normalized spacial score (nSPS) is 15.2. The van der Waals surface area contributed by atoms with E-state index in [9.17, 15) is 0 Å². The SMILES string of the molecule is CCCCO[C](COC(C)CC)C(COC(C)(C)C)OCC(C)C. The minimum atomic E-state index is -0.203. The summed E-state index contributed by atoms with van der Waals surface area (Å²) in [6.45, 7) is 19.2. The zero-order valence-electron chi connectivity index (χ0n) is 17.3. The largest absolute Gasteiger partial charge is 0.375 e. The van der Waals surface area contributed by atoms with Crippen LogP contribution < -0.4 is 0 Å². The van der Waals surface area contributed by atoms with Crippen molar-refractivity contribution in [2.24, 2.45) is 5.92 Å². The molecule has 0 aliphatic heterocycles. The molecular weight excluding hydrogens is 304 g/mol. The molecule has 0 aliphatic rings. The molecule has 24 heavy (non-hydrogen) atoms. The van der Waals surface area contributed by atoms with Crippen LogP contribution in [0.1, 0.15) is 74.7 Å². The molecule has 0 fully saturated rings. The lowest BCUT2D eigenvalue weighted by molar-refractivity contribution is -0.113. The molecule has 2 unspecified atom stereocenters. The molecule has 0 amide bonds. The van der Waals surface area contributed by atoms with Crippen LogP contribution in [0.5, 0.6) is 0 Å².